The maximum absolute atomic E-state index is 13.0. The Morgan fingerprint density at radius 2 is 1.52 bits per heavy atom. The molecule has 0 saturated heterocycles. The lowest BCUT2D eigenvalue weighted by Gasteiger charge is -2.28. The number of nitrogens with one attached hydrogen (secondary N) is 1. The van der Waals surface area contributed by atoms with Crippen LogP contribution >= 0.6 is 0 Å². The average molecular weight is 394 g/mol. The Hall–Kier alpha value is -3.48. The Morgan fingerprint density at radius 3 is 2.00 bits per heavy atom. The van der Waals surface area contributed by atoms with Crippen LogP contribution in [0, 0.1) is 5.92 Å². The van der Waals surface area contributed by atoms with E-state index in [4.69, 9.17) is 4.74 Å². The number of hydrogen-bond acceptors (Lipinski definition) is 5. The van der Waals surface area contributed by atoms with Crippen LogP contribution in [0.2, 0.25) is 0 Å². The summed E-state index contributed by atoms with van der Waals surface area (Å²) in [6, 6.07) is 11.8. The maximum atomic E-state index is 13.0. The third-order valence-corrected chi connectivity index (χ3v) is 4.67. The molecule has 7 heteroatoms. The molecule has 1 atom stereocenters. The molecule has 2 aromatic carbocycles. The Kier molecular flexibility index (Phi) is 5.77. The van der Waals surface area contributed by atoms with E-state index in [0.29, 0.717) is 22.4 Å². The zero-order valence-electron chi connectivity index (χ0n) is 16.5. The van der Waals surface area contributed by atoms with E-state index in [9.17, 15) is 19.2 Å². The fourth-order valence-electron chi connectivity index (χ4n) is 3.30. The van der Waals surface area contributed by atoms with Gasteiger partial charge in [0.05, 0.1) is 23.3 Å². The fourth-order valence-corrected chi connectivity index (χ4v) is 3.30. The third kappa shape index (κ3) is 3.89. The highest BCUT2D eigenvalue weighted by molar-refractivity contribution is 6.23. The van der Waals surface area contributed by atoms with E-state index in [-0.39, 0.29) is 12.5 Å². The third-order valence-electron chi connectivity index (χ3n) is 4.67. The molecule has 0 aliphatic carbocycles. The highest BCUT2D eigenvalue weighted by atomic mass is 16.5. The second-order valence-corrected chi connectivity index (χ2v) is 7.00. The van der Waals surface area contributed by atoms with Crippen molar-refractivity contribution in [2.45, 2.75) is 26.8 Å². The first kappa shape index (κ1) is 20.3. The summed E-state index contributed by atoms with van der Waals surface area (Å²) in [7, 11) is 0. The fraction of sp³-hybridized carbons (Fsp3) is 0.273. The van der Waals surface area contributed by atoms with Crippen LogP contribution in [-0.2, 0) is 9.53 Å². The van der Waals surface area contributed by atoms with Gasteiger partial charge >= 0.3 is 5.97 Å². The normalized spacial score (nSPS) is 14.0. The van der Waals surface area contributed by atoms with Crippen molar-refractivity contribution >= 4 is 29.4 Å². The van der Waals surface area contributed by atoms with E-state index >= 15 is 0 Å². The molecule has 29 heavy (non-hydrogen) atoms. The summed E-state index contributed by atoms with van der Waals surface area (Å²) in [5.74, 6) is -2.17. The van der Waals surface area contributed by atoms with Crippen molar-refractivity contribution in [2.75, 3.05) is 11.9 Å². The van der Waals surface area contributed by atoms with Crippen molar-refractivity contribution in [3.63, 3.8) is 0 Å². The molecule has 0 saturated carbocycles. The van der Waals surface area contributed by atoms with Gasteiger partial charge < -0.3 is 10.1 Å². The second-order valence-electron chi connectivity index (χ2n) is 7.00. The molecule has 3 amide bonds. The van der Waals surface area contributed by atoms with Gasteiger partial charge in [-0.1, -0.05) is 26.0 Å². The number of amides is 3. The minimum absolute atomic E-state index is 0.271. The monoisotopic (exact) mass is 394 g/mol. The molecule has 1 aliphatic rings. The molecule has 3 rings (SSSR count). The van der Waals surface area contributed by atoms with E-state index in [1.165, 1.54) is 0 Å². The van der Waals surface area contributed by atoms with E-state index in [1.807, 2.05) is 0 Å². The summed E-state index contributed by atoms with van der Waals surface area (Å²) < 4.78 is 4.93. The number of fused-ring (bicyclic) bond motifs is 1. The van der Waals surface area contributed by atoms with Gasteiger partial charge in [-0.15, -0.1) is 0 Å². The van der Waals surface area contributed by atoms with Gasteiger partial charge in [-0.25, -0.2) is 4.79 Å². The van der Waals surface area contributed by atoms with Gasteiger partial charge in [0.1, 0.15) is 6.04 Å². The molecule has 7 nitrogen and oxygen atoms in total. The zero-order valence-corrected chi connectivity index (χ0v) is 16.5. The smallest absolute Gasteiger partial charge is 0.338 e. The van der Waals surface area contributed by atoms with Crippen LogP contribution in [0.5, 0.6) is 0 Å². The Bertz CT molecular complexity index is 930. The number of ether oxygens (including phenoxy) is 1. The van der Waals surface area contributed by atoms with E-state index in [1.54, 1.807) is 69.3 Å². The van der Waals surface area contributed by atoms with Gasteiger partial charge in [0.2, 0.25) is 5.91 Å². The number of esters is 1. The molecule has 0 fully saturated rings. The van der Waals surface area contributed by atoms with Crippen LogP contribution in [0.3, 0.4) is 0 Å². The molecule has 0 spiro atoms. The van der Waals surface area contributed by atoms with Gasteiger partial charge in [0.15, 0.2) is 0 Å². The van der Waals surface area contributed by atoms with E-state index in [2.05, 4.69) is 5.32 Å². The quantitative estimate of drug-likeness (QED) is 0.600. The largest absolute Gasteiger partial charge is 0.462 e. The lowest BCUT2D eigenvalue weighted by Crippen LogP contribution is -2.50. The summed E-state index contributed by atoms with van der Waals surface area (Å²) >= 11 is 0. The van der Waals surface area contributed by atoms with Crippen LogP contribution in [0.25, 0.3) is 0 Å². The second kappa shape index (κ2) is 8.26. The average Bonchev–Trinajstić information content (AvgIpc) is 2.94. The molecular formula is C22H22N2O5. The first-order valence-electron chi connectivity index (χ1n) is 9.40. The van der Waals surface area contributed by atoms with Gasteiger partial charge in [-0.2, -0.15) is 0 Å². The summed E-state index contributed by atoms with van der Waals surface area (Å²) in [4.78, 5) is 51.2. The van der Waals surface area contributed by atoms with Crippen molar-refractivity contribution in [3.8, 4) is 0 Å². The molecule has 0 aromatic heterocycles. The SMILES string of the molecule is CCOC(=O)c1ccc(NC(=O)[C@H](C(C)C)N2C(=O)c3ccccc3C2=O)cc1. The van der Waals surface area contributed by atoms with Gasteiger partial charge in [-0.3, -0.25) is 19.3 Å². The van der Waals surface area contributed by atoms with Crippen LogP contribution in [-0.4, -0.2) is 41.2 Å². The zero-order chi connectivity index (χ0) is 21.1. The standard InChI is InChI=1S/C22H22N2O5/c1-4-29-22(28)14-9-11-15(12-10-14)23-19(25)18(13(2)3)24-20(26)16-7-5-6-8-17(16)21(24)27/h5-13,18H,4H2,1-3H3,(H,23,25)/t18-/m0/s1. The van der Waals surface area contributed by atoms with Crippen molar-refractivity contribution in [1.82, 2.24) is 4.90 Å². The lowest BCUT2D eigenvalue weighted by atomic mass is 10.0. The van der Waals surface area contributed by atoms with E-state index < -0.39 is 29.7 Å². The molecule has 1 N–H and O–H groups in total. The number of imide groups is 1. The lowest BCUT2D eigenvalue weighted by molar-refractivity contribution is -0.121. The minimum Gasteiger partial charge on any atom is -0.462 e. The van der Waals surface area contributed by atoms with Crippen LogP contribution < -0.4 is 5.32 Å². The number of hydrogen-bond donors (Lipinski definition) is 1. The van der Waals surface area contributed by atoms with Crippen LogP contribution in [0.1, 0.15) is 51.8 Å². The number of carbonyl (C=O) groups excluding carboxylic acids is 4. The van der Waals surface area contributed by atoms with Gasteiger partial charge in [0.25, 0.3) is 11.8 Å². The molecule has 1 heterocycles. The first-order valence-corrected chi connectivity index (χ1v) is 9.40. The van der Waals surface area contributed by atoms with Crippen LogP contribution in [0.4, 0.5) is 5.69 Å². The highest BCUT2D eigenvalue weighted by Gasteiger charge is 2.43. The highest BCUT2D eigenvalue weighted by Crippen LogP contribution is 2.27. The van der Waals surface area contributed by atoms with Crippen molar-refractivity contribution in [3.05, 3.63) is 65.2 Å². The molecule has 0 radical (unpaired) electrons. The number of benzene rings is 2. The van der Waals surface area contributed by atoms with Crippen molar-refractivity contribution < 1.29 is 23.9 Å². The van der Waals surface area contributed by atoms with Gasteiger partial charge in [0, 0.05) is 5.69 Å². The topological polar surface area (TPSA) is 92.8 Å². The predicted molar refractivity (Wildman–Crippen MR) is 107 cm³/mol. The molecule has 2 aromatic rings. The molecular weight excluding hydrogens is 372 g/mol. The van der Waals surface area contributed by atoms with Crippen molar-refractivity contribution in [1.29, 1.82) is 0 Å². The van der Waals surface area contributed by atoms with Crippen molar-refractivity contribution in [2.24, 2.45) is 5.92 Å². The molecule has 150 valence electrons. The summed E-state index contributed by atoms with van der Waals surface area (Å²) in [6.45, 7) is 5.54. The summed E-state index contributed by atoms with van der Waals surface area (Å²) in [5, 5.41) is 2.73. The number of carbonyl (C=O) groups is 4. The number of rotatable bonds is 6. The number of anilines is 1. The Labute approximate surface area is 168 Å². The molecule has 0 bridgehead atoms. The number of nitrogens with zero attached hydrogens (tertiary/aromatic N) is 1. The summed E-state index contributed by atoms with van der Waals surface area (Å²) in [6.07, 6.45) is 0. The van der Waals surface area contributed by atoms with Crippen LogP contribution in [0.15, 0.2) is 48.5 Å². The Morgan fingerprint density at radius 1 is 0.966 bits per heavy atom. The minimum atomic E-state index is -0.966. The molecule has 0 unspecified atom stereocenters. The Balaban J connectivity index is 1.80. The summed E-state index contributed by atoms with van der Waals surface area (Å²) in [5.41, 5.74) is 1.42. The first-order chi connectivity index (χ1) is 13.8. The van der Waals surface area contributed by atoms with Gasteiger partial charge in [-0.05, 0) is 49.2 Å². The predicted octanol–water partition coefficient (Wildman–Crippen LogP) is 3.12. The maximum Gasteiger partial charge on any atom is 0.338 e. The molecule has 1 aliphatic heterocycles. The van der Waals surface area contributed by atoms with E-state index in [0.717, 1.165) is 4.90 Å².